The van der Waals surface area contributed by atoms with E-state index >= 15 is 0 Å². The maximum atomic E-state index is 12.8. The zero-order chi connectivity index (χ0) is 13.2. The van der Waals surface area contributed by atoms with Gasteiger partial charge in [0.25, 0.3) is 0 Å². The molecular formula is C15H10ClFO2. The van der Waals surface area contributed by atoms with Crippen LogP contribution in [0.25, 0.3) is 11.0 Å². The van der Waals surface area contributed by atoms with E-state index in [1.54, 1.807) is 24.5 Å². The minimum Gasteiger partial charge on any atom is -0.489 e. The number of hydrogen-bond donors (Lipinski definition) is 0. The van der Waals surface area contributed by atoms with Crippen molar-refractivity contribution < 1.29 is 13.5 Å². The molecule has 1 heterocycles. The monoisotopic (exact) mass is 276 g/mol. The van der Waals surface area contributed by atoms with Crippen molar-refractivity contribution in [1.82, 2.24) is 0 Å². The lowest BCUT2D eigenvalue weighted by molar-refractivity contribution is 0.305. The summed E-state index contributed by atoms with van der Waals surface area (Å²) in [7, 11) is 0. The predicted octanol–water partition coefficient (Wildman–Crippen LogP) is 4.80. The Hall–Kier alpha value is -2.00. The van der Waals surface area contributed by atoms with E-state index in [0.717, 1.165) is 16.5 Å². The summed E-state index contributed by atoms with van der Waals surface area (Å²) in [5.74, 6) is 0.325. The summed E-state index contributed by atoms with van der Waals surface area (Å²) in [4.78, 5) is 0. The van der Waals surface area contributed by atoms with Gasteiger partial charge in [-0.05, 0) is 42.5 Å². The standard InChI is InChI=1S/C15H10ClFO2/c16-11-1-6-15-14(7-11)10(9-19-15)8-18-13-4-2-12(17)3-5-13/h1-7,9H,8H2. The predicted molar refractivity (Wildman–Crippen MR) is 72.0 cm³/mol. The van der Waals surface area contributed by atoms with Crippen LogP contribution < -0.4 is 4.74 Å². The fourth-order valence-electron chi connectivity index (χ4n) is 1.86. The third kappa shape index (κ3) is 2.56. The number of halogens is 2. The Bertz CT molecular complexity index is 704. The van der Waals surface area contributed by atoms with Crippen molar-refractivity contribution in [2.45, 2.75) is 6.61 Å². The van der Waals surface area contributed by atoms with Crippen molar-refractivity contribution in [2.75, 3.05) is 0 Å². The number of fused-ring (bicyclic) bond motifs is 1. The maximum Gasteiger partial charge on any atom is 0.134 e. The van der Waals surface area contributed by atoms with E-state index in [2.05, 4.69) is 0 Å². The zero-order valence-electron chi connectivity index (χ0n) is 9.90. The molecule has 0 saturated heterocycles. The first-order chi connectivity index (χ1) is 9.22. The molecule has 3 rings (SSSR count). The van der Waals surface area contributed by atoms with Gasteiger partial charge in [-0.2, -0.15) is 0 Å². The molecule has 0 N–H and O–H groups in total. The first-order valence-electron chi connectivity index (χ1n) is 5.76. The summed E-state index contributed by atoms with van der Waals surface area (Å²) in [5, 5.41) is 1.58. The fourth-order valence-corrected chi connectivity index (χ4v) is 2.03. The van der Waals surface area contributed by atoms with Crippen LogP contribution in [0.15, 0.2) is 53.1 Å². The molecule has 0 unspecified atom stereocenters. The average molecular weight is 277 g/mol. The van der Waals surface area contributed by atoms with E-state index < -0.39 is 0 Å². The van der Waals surface area contributed by atoms with Crippen molar-refractivity contribution in [1.29, 1.82) is 0 Å². The molecule has 4 heteroatoms. The van der Waals surface area contributed by atoms with Crippen molar-refractivity contribution in [3.8, 4) is 5.75 Å². The topological polar surface area (TPSA) is 22.4 Å². The lowest BCUT2D eigenvalue weighted by Gasteiger charge is -2.04. The van der Waals surface area contributed by atoms with Gasteiger partial charge in [0.2, 0.25) is 0 Å². The molecule has 0 fully saturated rings. The smallest absolute Gasteiger partial charge is 0.134 e. The number of rotatable bonds is 3. The molecule has 2 aromatic carbocycles. The summed E-state index contributed by atoms with van der Waals surface area (Å²) in [6.07, 6.45) is 1.64. The van der Waals surface area contributed by atoms with E-state index in [-0.39, 0.29) is 5.82 Å². The van der Waals surface area contributed by atoms with Gasteiger partial charge in [0, 0.05) is 16.0 Å². The molecule has 96 valence electrons. The molecule has 0 amide bonds. The highest BCUT2D eigenvalue weighted by Crippen LogP contribution is 2.25. The highest BCUT2D eigenvalue weighted by Gasteiger charge is 2.07. The molecule has 0 aliphatic rings. The molecule has 0 aliphatic heterocycles. The first-order valence-corrected chi connectivity index (χ1v) is 6.14. The Kier molecular flexibility index (Phi) is 3.13. The summed E-state index contributed by atoms with van der Waals surface area (Å²) in [6.45, 7) is 0.346. The zero-order valence-corrected chi connectivity index (χ0v) is 10.7. The molecule has 19 heavy (non-hydrogen) atoms. The summed E-state index contributed by atoms with van der Waals surface area (Å²) in [5.41, 5.74) is 1.67. The lowest BCUT2D eigenvalue weighted by atomic mass is 10.2. The number of furan rings is 1. The number of ether oxygens (including phenoxy) is 1. The maximum absolute atomic E-state index is 12.8. The van der Waals surface area contributed by atoms with E-state index in [1.807, 2.05) is 12.1 Å². The average Bonchev–Trinajstić information content (AvgIpc) is 2.80. The van der Waals surface area contributed by atoms with E-state index in [9.17, 15) is 4.39 Å². The highest BCUT2D eigenvalue weighted by molar-refractivity contribution is 6.31. The highest BCUT2D eigenvalue weighted by atomic mass is 35.5. The SMILES string of the molecule is Fc1ccc(OCc2coc3ccc(Cl)cc23)cc1. The van der Waals surface area contributed by atoms with Gasteiger partial charge in [0.1, 0.15) is 23.8 Å². The summed E-state index contributed by atoms with van der Waals surface area (Å²) in [6, 6.07) is 11.3. The molecule has 0 atom stereocenters. The van der Waals surface area contributed by atoms with Crippen LogP contribution in [0.3, 0.4) is 0 Å². The van der Waals surface area contributed by atoms with Gasteiger partial charge >= 0.3 is 0 Å². The third-order valence-electron chi connectivity index (χ3n) is 2.82. The summed E-state index contributed by atoms with van der Waals surface area (Å²) >= 11 is 5.96. The number of benzene rings is 2. The van der Waals surface area contributed by atoms with Gasteiger partial charge < -0.3 is 9.15 Å². The van der Waals surface area contributed by atoms with E-state index in [4.69, 9.17) is 20.8 Å². The van der Waals surface area contributed by atoms with Crippen molar-refractivity contribution >= 4 is 22.6 Å². The Morgan fingerprint density at radius 2 is 1.89 bits per heavy atom. The van der Waals surface area contributed by atoms with Crippen LogP contribution >= 0.6 is 11.6 Å². The first kappa shape index (κ1) is 12.1. The van der Waals surface area contributed by atoms with E-state index in [1.165, 1.54) is 12.1 Å². The quantitative estimate of drug-likeness (QED) is 0.685. The Morgan fingerprint density at radius 3 is 2.68 bits per heavy atom. The van der Waals surface area contributed by atoms with Crippen LogP contribution in [0.4, 0.5) is 4.39 Å². The van der Waals surface area contributed by atoms with Crippen LogP contribution in [-0.4, -0.2) is 0 Å². The molecule has 1 aromatic heterocycles. The van der Waals surface area contributed by atoms with Crippen molar-refractivity contribution in [3.05, 3.63) is 65.1 Å². The molecule has 0 spiro atoms. The van der Waals surface area contributed by atoms with Crippen LogP contribution in [0.1, 0.15) is 5.56 Å². The molecule has 0 saturated carbocycles. The lowest BCUT2D eigenvalue weighted by Crippen LogP contribution is -1.94. The largest absolute Gasteiger partial charge is 0.489 e. The third-order valence-corrected chi connectivity index (χ3v) is 3.06. The summed E-state index contributed by atoms with van der Waals surface area (Å²) < 4.78 is 23.8. The fraction of sp³-hybridized carbons (Fsp3) is 0.0667. The molecule has 3 aromatic rings. The van der Waals surface area contributed by atoms with Crippen LogP contribution in [-0.2, 0) is 6.61 Å². The minimum absolute atomic E-state index is 0.284. The van der Waals surface area contributed by atoms with Crippen LogP contribution in [0.2, 0.25) is 5.02 Å². The van der Waals surface area contributed by atoms with Gasteiger partial charge in [-0.15, -0.1) is 0 Å². The van der Waals surface area contributed by atoms with E-state index in [0.29, 0.717) is 17.4 Å². The van der Waals surface area contributed by atoms with Crippen LogP contribution in [0.5, 0.6) is 5.75 Å². The second-order valence-electron chi connectivity index (χ2n) is 4.14. The van der Waals surface area contributed by atoms with Crippen molar-refractivity contribution in [3.63, 3.8) is 0 Å². The molecule has 0 aliphatic carbocycles. The van der Waals surface area contributed by atoms with Gasteiger partial charge in [-0.25, -0.2) is 4.39 Å². The minimum atomic E-state index is -0.284. The second-order valence-corrected chi connectivity index (χ2v) is 4.58. The number of hydrogen-bond acceptors (Lipinski definition) is 2. The molecule has 0 bridgehead atoms. The Morgan fingerprint density at radius 1 is 1.11 bits per heavy atom. The second kappa shape index (κ2) is 4.94. The van der Waals surface area contributed by atoms with Crippen molar-refractivity contribution in [2.24, 2.45) is 0 Å². The van der Waals surface area contributed by atoms with Gasteiger partial charge in [0.05, 0.1) is 6.26 Å². The normalized spacial score (nSPS) is 10.8. The Balaban J connectivity index is 1.81. The molecular weight excluding hydrogens is 267 g/mol. The Labute approximate surface area is 114 Å². The van der Waals surface area contributed by atoms with Gasteiger partial charge in [-0.3, -0.25) is 0 Å². The molecule has 0 radical (unpaired) electrons. The molecule has 2 nitrogen and oxygen atoms in total. The van der Waals surface area contributed by atoms with Gasteiger partial charge in [-0.1, -0.05) is 11.6 Å². The van der Waals surface area contributed by atoms with Gasteiger partial charge in [0.15, 0.2) is 0 Å². The van der Waals surface area contributed by atoms with Crippen LogP contribution in [0, 0.1) is 5.82 Å².